The number of unbranched alkanes of at least 4 members (excludes halogenated alkanes) is 8. The lowest BCUT2D eigenvalue weighted by Gasteiger charge is -2.35. The summed E-state index contributed by atoms with van der Waals surface area (Å²) in [7, 11) is -2.17. The third-order valence-corrected chi connectivity index (χ3v) is 4.09. The van der Waals surface area contributed by atoms with E-state index in [4.69, 9.17) is 15.1 Å². The van der Waals surface area contributed by atoms with E-state index in [9.17, 15) is 10.2 Å². The zero-order chi connectivity index (χ0) is 17.6. The highest BCUT2D eigenvalue weighted by Crippen LogP contribution is 2.27. The van der Waals surface area contributed by atoms with Crippen LogP contribution in [-0.2, 0) is 0 Å². The summed E-state index contributed by atoms with van der Waals surface area (Å²) in [5.74, 6) is 0. The van der Waals surface area contributed by atoms with E-state index in [0.717, 1.165) is 6.42 Å². The molecule has 0 aliphatic heterocycles. The van der Waals surface area contributed by atoms with Crippen molar-refractivity contribution in [2.75, 3.05) is 0 Å². The normalized spacial score (nSPS) is 14.0. The highest BCUT2D eigenvalue weighted by Gasteiger charge is 2.36. The van der Waals surface area contributed by atoms with Crippen LogP contribution in [0.3, 0.4) is 0 Å². The van der Waals surface area contributed by atoms with Crippen molar-refractivity contribution in [1.82, 2.24) is 0 Å². The third-order valence-electron chi connectivity index (χ3n) is 4.09. The van der Waals surface area contributed by atoms with Crippen molar-refractivity contribution in [3.63, 3.8) is 0 Å². The molecule has 1 atom stereocenters. The summed E-state index contributed by atoms with van der Waals surface area (Å²) < 4.78 is 0. The minimum absolute atomic E-state index is 0.687. The maximum absolute atomic E-state index is 10.1. The van der Waals surface area contributed by atoms with Gasteiger partial charge in [0.05, 0.1) is 11.2 Å². The van der Waals surface area contributed by atoms with Gasteiger partial charge < -0.3 is 25.3 Å². The van der Waals surface area contributed by atoms with E-state index in [1.165, 1.54) is 51.4 Å². The van der Waals surface area contributed by atoms with Gasteiger partial charge in [-0.05, 0) is 27.2 Å². The lowest BCUT2D eigenvalue weighted by Crippen LogP contribution is -2.47. The molecule has 0 radical (unpaired) electrons. The van der Waals surface area contributed by atoms with Crippen molar-refractivity contribution in [3.05, 3.63) is 0 Å². The Morgan fingerprint density at radius 3 is 1.32 bits per heavy atom. The van der Waals surface area contributed by atoms with Gasteiger partial charge in [0.1, 0.15) is 0 Å². The van der Waals surface area contributed by atoms with Crippen LogP contribution >= 0.6 is 0 Å². The molecule has 0 aliphatic rings. The molecule has 0 heterocycles. The molecule has 0 saturated carbocycles. The molecule has 5 nitrogen and oxygen atoms in total. The van der Waals surface area contributed by atoms with Crippen molar-refractivity contribution < 1.29 is 25.3 Å². The smallest absolute Gasteiger partial charge is 0.402 e. The van der Waals surface area contributed by atoms with Crippen LogP contribution in [0.5, 0.6) is 0 Å². The maximum Gasteiger partial charge on any atom is 0.631 e. The molecule has 0 aromatic rings. The van der Waals surface area contributed by atoms with Crippen LogP contribution in [0.4, 0.5) is 0 Å². The lowest BCUT2D eigenvalue weighted by molar-refractivity contribution is -0.124. The van der Waals surface area contributed by atoms with Gasteiger partial charge in [-0.3, -0.25) is 0 Å². The average molecular weight is 320 g/mol. The van der Waals surface area contributed by atoms with Crippen molar-refractivity contribution in [3.8, 4) is 0 Å². The summed E-state index contributed by atoms with van der Waals surface area (Å²) in [6, 6.07) is 0. The second-order valence-corrected chi connectivity index (χ2v) is 6.76. The molecular formula is C16H37BO5. The monoisotopic (exact) mass is 320 g/mol. The van der Waals surface area contributed by atoms with Gasteiger partial charge in [0.2, 0.25) is 0 Å². The molecule has 0 aliphatic carbocycles. The quantitative estimate of drug-likeness (QED) is 0.297. The maximum atomic E-state index is 10.1. The fourth-order valence-electron chi connectivity index (χ4n) is 2.09. The van der Waals surface area contributed by atoms with E-state index >= 15 is 0 Å². The minimum Gasteiger partial charge on any atom is -0.402 e. The van der Waals surface area contributed by atoms with Crippen LogP contribution in [0.1, 0.15) is 91.9 Å². The summed E-state index contributed by atoms with van der Waals surface area (Å²) in [6.07, 6.45) is 12.2. The molecule has 0 fully saturated rings. The second-order valence-electron chi connectivity index (χ2n) is 6.76. The van der Waals surface area contributed by atoms with Crippen LogP contribution in [0.25, 0.3) is 0 Å². The van der Waals surface area contributed by atoms with Crippen LogP contribution < -0.4 is 0 Å². The molecule has 0 saturated heterocycles. The van der Waals surface area contributed by atoms with E-state index < -0.39 is 18.5 Å². The molecule has 0 aromatic heterocycles. The van der Waals surface area contributed by atoms with Gasteiger partial charge in [0, 0.05) is 0 Å². The van der Waals surface area contributed by atoms with Gasteiger partial charge in [-0.1, -0.05) is 64.7 Å². The molecule has 6 heteroatoms. The Labute approximate surface area is 136 Å². The van der Waals surface area contributed by atoms with Crippen LogP contribution in [0, 0.1) is 0 Å². The fraction of sp³-hybridized carbons (Fsp3) is 1.00. The molecule has 134 valence electrons. The summed E-state index contributed by atoms with van der Waals surface area (Å²) >= 11 is 0. The van der Waals surface area contributed by atoms with Gasteiger partial charge in [0.15, 0.2) is 0 Å². The van der Waals surface area contributed by atoms with E-state index in [2.05, 4.69) is 6.92 Å². The van der Waals surface area contributed by atoms with Gasteiger partial charge in [-0.15, -0.1) is 0 Å². The Morgan fingerprint density at radius 1 is 0.682 bits per heavy atom. The molecule has 0 bridgehead atoms. The standard InChI is InChI=1S/C16H34O2.BH3O3/c1-5-6-7-8-9-10-11-12-13-14-16(4,18)15(2,3)17;2-1(3)4/h17-18H,5-14H2,1-4H3;2-4H. The highest BCUT2D eigenvalue weighted by atomic mass is 16.5. The average Bonchev–Trinajstić information content (AvgIpc) is 2.34. The molecule has 0 amide bonds. The molecule has 0 spiro atoms. The first kappa shape index (κ1) is 24.1. The minimum atomic E-state index is -2.17. The molecule has 0 aromatic carbocycles. The molecule has 0 rings (SSSR count). The van der Waals surface area contributed by atoms with E-state index in [-0.39, 0.29) is 0 Å². The zero-order valence-corrected chi connectivity index (χ0v) is 14.9. The second kappa shape index (κ2) is 13.3. The first-order valence-corrected chi connectivity index (χ1v) is 8.53. The number of hydrogen-bond acceptors (Lipinski definition) is 5. The fourth-order valence-corrected chi connectivity index (χ4v) is 2.09. The van der Waals surface area contributed by atoms with Gasteiger partial charge >= 0.3 is 7.32 Å². The first-order valence-electron chi connectivity index (χ1n) is 8.53. The van der Waals surface area contributed by atoms with Crippen LogP contribution in [0.15, 0.2) is 0 Å². The molecular weight excluding hydrogens is 283 g/mol. The Bertz CT molecular complexity index is 236. The number of hydrogen-bond donors (Lipinski definition) is 5. The summed E-state index contributed by atoms with van der Waals surface area (Å²) in [6.45, 7) is 7.34. The largest absolute Gasteiger partial charge is 0.631 e. The first-order chi connectivity index (χ1) is 10.0. The van der Waals surface area contributed by atoms with E-state index in [0.29, 0.717) is 6.42 Å². The topological polar surface area (TPSA) is 101 Å². The summed E-state index contributed by atoms with van der Waals surface area (Å²) in [4.78, 5) is 0. The van der Waals surface area contributed by atoms with E-state index in [1.54, 1.807) is 20.8 Å². The Hall–Kier alpha value is -0.135. The summed E-state index contributed by atoms with van der Waals surface area (Å²) in [5, 5.41) is 41.4. The molecule has 5 N–H and O–H groups in total. The third kappa shape index (κ3) is 16.2. The van der Waals surface area contributed by atoms with Crippen molar-refractivity contribution in [2.45, 2.75) is 103 Å². The Morgan fingerprint density at radius 2 is 1.00 bits per heavy atom. The van der Waals surface area contributed by atoms with Crippen LogP contribution in [-0.4, -0.2) is 43.8 Å². The van der Waals surface area contributed by atoms with Crippen LogP contribution in [0.2, 0.25) is 0 Å². The molecule has 1 unspecified atom stereocenters. The lowest BCUT2D eigenvalue weighted by atomic mass is 9.83. The Kier molecular flexibility index (Phi) is 14.6. The van der Waals surface area contributed by atoms with Crippen molar-refractivity contribution >= 4 is 7.32 Å². The Balaban J connectivity index is 0. The van der Waals surface area contributed by atoms with E-state index in [1.807, 2.05) is 0 Å². The van der Waals surface area contributed by atoms with Gasteiger partial charge in [0.25, 0.3) is 0 Å². The SMILES string of the molecule is CCCCCCCCCCCC(C)(O)C(C)(C)O.OB(O)O. The predicted molar refractivity (Wildman–Crippen MR) is 91.2 cm³/mol. The van der Waals surface area contributed by atoms with Crippen molar-refractivity contribution in [2.24, 2.45) is 0 Å². The van der Waals surface area contributed by atoms with Crippen molar-refractivity contribution in [1.29, 1.82) is 0 Å². The zero-order valence-electron chi connectivity index (χ0n) is 14.9. The number of rotatable bonds is 11. The molecule has 22 heavy (non-hydrogen) atoms. The summed E-state index contributed by atoms with van der Waals surface area (Å²) in [5.41, 5.74) is -1.97. The number of aliphatic hydroxyl groups is 2. The predicted octanol–water partition coefficient (Wildman–Crippen LogP) is 2.38. The van der Waals surface area contributed by atoms with Gasteiger partial charge in [-0.25, -0.2) is 0 Å². The highest BCUT2D eigenvalue weighted by molar-refractivity contribution is 6.30. The van der Waals surface area contributed by atoms with Gasteiger partial charge in [-0.2, -0.15) is 0 Å².